The third-order valence-electron chi connectivity index (χ3n) is 5.96. The Morgan fingerprint density at radius 2 is 1.68 bits per heavy atom. The number of benzene rings is 3. The van der Waals surface area contributed by atoms with Crippen LogP contribution in [0.5, 0.6) is 0 Å². The standard InChI is InChI=1S/C27H28N2O4S/c1-27(2,3)19-9-12-21(13-10-19)34(32,33)29-20-11-14-23-22(17-20)26(18-7-5-4-6-8-18)24(28-23)15-16-25(30)31/h4-17,24,26,28-29H,1-3H3,(H,30,31)/b16-15+. The SMILES string of the molecule is CC(C)(C)c1ccc(S(=O)(=O)Nc2ccc3c(c2)C(c2ccccc2)C(/C=C/C(=O)O)N3)cc1. The van der Waals surface area contributed by atoms with E-state index >= 15 is 0 Å². The van der Waals surface area contributed by atoms with Crippen LogP contribution in [0.4, 0.5) is 11.4 Å². The number of aliphatic carboxylic acids is 1. The Morgan fingerprint density at radius 1 is 1.00 bits per heavy atom. The predicted molar refractivity (Wildman–Crippen MR) is 135 cm³/mol. The van der Waals surface area contributed by atoms with Crippen molar-refractivity contribution in [1.29, 1.82) is 0 Å². The van der Waals surface area contributed by atoms with Gasteiger partial charge in [0, 0.05) is 23.4 Å². The lowest BCUT2D eigenvalue weighted by Crippen LogP contribution is -2.19. The summed E-state index contributed by atoms with van der Waals surface area (Å²) >= 11 is 0. The number of hydrogen-bond acceptors (Lipinski definition) is 4. The van der Waals surface area contributed by atoms with Crippen LogP contribution in [0.15, 0.2) is 89.8 Å². The quantitative estimate of drug-likeness (QED) is 0.417. The fourth-order valence-electron chi connectivity index (χ4n) is 4.21. The number of fused-ring (bicyclic) bond motifs is 1. The molecule has 0 aliphatic carbocycles. The number of sulfonamides is 1. The van der Waals surface area contributed by atoms with E-state index in [-0.39, 0.29) is 22.3 Å². The molecule has 0 radical (unpaired) electrons. The maximum absolute atomic E-state index is 13.1. The molecule has 1 aliphatic heterocycles. The molecule has 0 fully saturated rings. The van der Waals surface area contributed by atoms with Crippen LogP contribution < -0.4 is 10.0 Å². The molecule has 0 amide bonds. The zero-order valence-electron chi connectivity index (χ0n) is 19.3. The van der Waals surface area contributed by atoms with Gasteiger partial charge in [0.1, 0.15) is 0 Å². The van der Waals surface area contributed by atoms with E-state index < -0.39 is 16.0 Å². The third kappa shape index (κ3) is 4.99. The summed E-state index contributed by atoms with van der Waals surface area (Å²) in [5.74, 6) is -1.18. The summed E-state index contributed by atoms with van der Waals surface area (Å²) in [7, 11) is -3.77. The van der Waals surface area contributed by atoms with Crippen molar-refractivity contribution in [3.05, 3.63) is 102 Å². The normalized spacial score (nSPS) is 17.9. The number of carbonyl (C=O) groups is 1. The molecule has 1 aliphatic rings. The molecule has 1 heterocycles. The Morgan fingerprint density at radius 3 is 2.29 bits per heavy atom. The average molecular weight is 477 g/mol. The van der Waals surface area contributed by atoms with Crippen molar-refractivity contribution >= 4 is 27.4 Å². The molecule has 3 aromatic rings. The van der Waals surface area contributed by atoms with Gasteiger partial charge in [0.15, 0.2) is 0 Å². The van der Waals surface area contributed by atoms with Crippen molar-refractivity contribution in [2.75, 3.05) is 10.0 Å². The topological polar surface area (TPSA) is 95.5 Å². The fraction of sp³-hybridized carbons (Fsp3) is 0.222. The molecule has 2 unspecified atom stereocenters. The van der Waals surface area contributed by atoms with E-state index in [2.05, 4.69) is 30.8 Å². The molecule has 176 valence electrons. The molecule has 0 bridgehead atoms. The second kappa shape index (κ2) is 8.99. The molecule has 3 N–H and O–H groups in total. The molecule has 4 rings (SSSR count). The number of carboxylic acids is 1. The molecule has 34 heavy (non-hydrogen) atoms. The minimum atomic E-state index is -3.77. The van der Waals surface area contributed by atoms with Gasteiger partial charge in [-0.25, -0.2) is 13.2 Å². The number of carboxylic acid groups (broad SMARTS) is 1. The van der Waals surface area contributed by atoms with Gasteiger partial charge in [-0.15, -0.1) is 0 Å². The van der Waals surface area contributed by atoms with E-state index in [1.165, 1.54) is 0 Å². The Hall–Kier alpha value is -3.58. The first-order chi connectivity index (χ1) is 16.0. The maximum Gasteiger partial charge on any atom is 0.328 e. The third-order valence-corrected chi connectivity index (χ3v) is 7.35. The van der Waals surface area contributed by atoms with Crippen molar-refractivity contribution < 1.29 is 18.3 Å². The van der Waals surface area contributed by atoms with E-state index in [4.69, 9.17) is 5.11 Å². The van der Waals surface area contributed by atoms with Gasteiger partial charge in [0.2, 0.25) is 0 Å². The minimum Gasteiger partial charge on any atom is -0.478 e. The Bertz CT molecular complexity index is 1330. The van der Waals surface area contributed by atoms with Crippen LogP contribution in [0.3, 0.4) is 0 Å². The largest absolute Gasteiger partial charge is 0.478 e. The van der Waals surface area contributed by atoms with Crippen LogP contribution in [-0.2, 0) is 20.2 Å². The van der Waals surface area contributed by atoms with Gasteiger partial charge < -0.3 is 10.4 Å². The number of rotatable bonds is 6. The van der Waals surface area contributed by atoms with E-state index in [1.807, 2.05) is 54.6 Å². The molecule has 0 saturated heterocycles. The molecule has 3 aromatic carbocycles. The van der Waals surface area contributed by atoms with Gasteiger partial charge in [-0.05, 0) is 52.4 Å². The summed E-state index contributed by atoms with van der Waals surface area (Å²) < 4.78 is 28.8. The van der Waals surface area contributed by atoms with Crippen molar-refractivity contribution in [1.82, 2.24) is 0 Å². The zero-order chi connectivity index (χ0) is 24.5. The van der Waals surface area contributed by atoms with Crippen molar-refractivity contribution in [3.63, 3.8) is 0 Å². The monoisotopic (exact) mass is 476 g/mol. The first kappa shape index (κ1) is 23.6. The maximum atomic E-state index is 13.1. The molecule has 0 spiro atoms. The van der Waals surface area contributed by atoms with Gasteiger partial charge in [-0.1, -0.05) is 69.3 Å². The highest BCUT2D eigenvalue weighted by atomic mass is 32.2. The first-order valence-corrected chi connectivity index (χ1v) is 12.5. The van der Waals surface area contributed by atoms with Gasteiger partial charge >= 0.3 is 5.97 Å². The van der Waals surface area contributed by atoms with E-state index in [0.717, 1.165) is 28.5 Å². The van der Waals surface area contributed by atoms with Crippen molar-refractivity contribution in [2.24, 2.45) is 0 Å². The van der Waals surface area contributed by atoms with Gasteiger partial charge in [0.25, 0.3) is 10.0 Å². The highest BCUT2D eigenvalue weighted by molar-refractivity contribution is 7.92. The zero-order valence-corrected chi connectivity index (χ0v) is 20.1. The smallest absolute Gasteiger partial charge is 0.328 e. The Balaban J connectivity index is 1.66. The first-order valence-electron chi connectivity index (χ1n) is 11.0. The predicted octanol–water partition coefficient (Wildman–Crippen LogP) is 5.35. The summed E-state index contributed by atoms with van der Waals surface area (Å²) in [6.45, 7) is 6.24. The lowest BCUT2D eigenvalue weighted by Gasteiger charge is -2.19. The molecular formula is C27H28N2O4S. The van der Waals surface area contributed by atoms with Gasteiger partial charge in [-0.3, -0.25) is 4.72 Å². The molecule has 0 saturated carbocycles. The lowest BCUT2D eigenvalue weighted by molar-refractivity contribution is -0.131. The Labute approximate surface area is 200 Å². The van der Waals surface area contributed by atoms with Crippen LogP contribution in [-0.4, -0.2) is 25.5 Å². The second-order valence-electron chi connectivity index (χ2n) is 9.44. The van der Waals surface area contributed by atoms with E-state index in [0.29, 0.717) is 5.69 Å². The lowest BCUT2D eigenvalue weighted by atomic mass is 9.87. The van der Waals surface area contributed by atoms with E-state index in [1.54, 1.807) is 24.3 Å². The Kier molecular flexibility index (Phi) is 6.23. The second-order valence-corrected chi connectivity index (χ2v) is 11.1. The number of hydrogen-bond donors (Lipinski definition) is 3. The van der Waals surface area contributed by atoms with Crippen molar-refractivity contribution in [2.45, 2.75) is 43.0 Å². The summed E-state index contributed by atoms with van der Waals surface area (Å²) in [5.41, 5.74) is 4.18. The summed E-state index contributed by atoms with van der Waals surface area (Å²) in [5, 5.41) is 12.5. The van der Waals surface area contributed by atoms with Crippen LogP contribution in [0.2, 0.25) is 0 Å². The number of nitrogens with one attached hydrogen (secondary N) is 2. The summed E-state index contributed by atoms with van der Waals surface area (Å²) in [6.07, 6.45) is 2.75. The summed E-state index contributed by atoms with van der Waals surface area (Å²) in [6, 6.07) is 21.7. The van der Waals surface area contributed by atoms with E-state index in [9.17, 15) is 13.2 Å². The highest BCUT2D eigenvalue weighted by Crippen LogP contribution is 2.42. The number of anilines is 2. The van der Waals surface area contributed by atoms with Crippen LogP contribution >= 0.6 is 0 Å². The molecule has 6 nitrogen and oxygen atoms in total. The van der Waals surface area contributed by atoms with Crippen LogP contribution in [0.25, 0.3) is 0 Å². The summed E-state index contributed by atoms with van der Waals surface area (Å²) in [4.78, 5) is 11.3. The van der Waals surface area contributed by atoms with Crippen LogP contribution in [0, 0.1) is 0 Å². The van der Waals surface area contributed by atoms with Gasteiger partial charge in [0.05, 0.1) is 10.9 Å². The fourth-order valence-corrected chi connectivity index (χ4v) is 5.26. The molecular weight excluding hydrogens is 448 g/mol. The van der Waals surface area contributed by atoms with Gasteiger partial charge in [-0.2, -0.15) is 0 Å². The molecule has 7 heteroatoms. The molecule has 2 atom stereocenters. The van der Waals surface area contributed by atoms with Crippen molar-refractivity contribution in [3.8, 4) is 0 Å². The average Bonchev–Trinajstić information content (AvgIpc) is 3.15. The minimum absolute atomic E-state index is 0.0687. The van der Waals surface area contributed by atoms with Crippen LogP contribution in [0.1, 0.15) is 43.4 Å². The molecule has 0 aromatic heterocycles. The highest BCUT2D eigenvalue weighted by Gasteiger charge is 2.32.